The fourth-order valence-corrected chi connectivity index (χ4v) is 2.22. The number of anilines is 1. The minimum Gasteiger partial charge on any atom is -0.351 e. The fourth-order valence-electron chi connectivity index (χ4n) is 1.62. The molecule has 1 amide bonds. The maximum atomic E-state index is 14.1. The van der Waals surface area contributed by atoms with Gasteiger partial charge in [0.15, 0.2) is 0 Å². The Hall–Kier alpha value is -2.39. The van der Waals surface area contributed by atoms with Gasteiger partial charge in [0.25, 0.3) is 0 Å². The lowest BCUT2D eigenvalue weighted by Crippen LogP contribution is -2.36. The van der Waals surface area contributed by atoms with Crippen molar-refractivity contribution >= 4 is 21.8 Å². The molecule has 0 aliphatic carbocycles. The second-order valence-electron chi connectivity index (χ2n) is 5.77. The van der Waals surface area contributed by atoms with E-state index in [1.807, 2.05) is 0 Å². The van der Waals surface area contributed by atoms with Gasteiger partial charge in [0.05, 0.1) is 17.1 Å². The Morgan fingerprint density at radius 3 is 2.32 bits per heavy atom. The van der Waals surface area contributed by atoms with Crippen molar-refractivity contribution in [2.24, 2.45) is 0 Å². The normalized spacial score (nSPS) is 12.0. The fraction of sp³-hybridized carbons (Fsp3) is 0.312. The van der Waals surface area contributed by atoms with Crippen molar-refractivity contribution in [2.75, 3.05) is 33.5 Å². The third kappa shape index (κ3) is 5.87. The van der Waals surface area contributed by atoms with Crippen LogP contribution in [0.5, 0.6) is 0 Å². The summed E-state index contributed by atoms with van der Waals surface area (Å²) in [6.07, 6.45) is 1.14. The summed E-state index contributed by atoms with van der Waals surface area (Å²) in [4.78, 5) is 13.3. The number of benzene rings is 1. The molecule has 0 saturated heterocycles. The number of carbonyl (C=O) groups excluding carboxylic acids is 1. The monoisotopic (exact) mass is 370 g/mol. The van der Waals surface area contributed by atoms with Crippen molar-refractivity contribution in [3.8, 4) is 0 Å². The topological polar surface area (TPSA) is 81.8 Å². The first-order valence-corrected chi connectivity index (χ1v) is 8.73. The Kier molecular flexibility index (Phi) is 6.71. The summed E-state index contributed by atoms with van der Waals surface area (Å²) < 4.78 is 41.2. The van der Waals surface area contributed by atoms with E-state index in [1.54, 1.807) is 13.0 Å². The molecule has 0 aromatic heterocycles. The van der Waals surface area contributed by atoms with Crippen LogP contribution in [0.3, 0.4) is 0 Å². The molecule has 0 bridgehead atoms. The molecule has 0 saturated carbocycles. The summed E-state index contributed by atoms with van der Waals surface area (Å²) in [5, 5.41) is 2.72. The molecule has 1 rings (SSSR count). The van der Waals surface area contributed by atoms with Gasteiger partial charge < -0.3 is 10.2 Å². The van der Waals surface area contributed by atoms with Crippen LogP contribution >= 0.6 is 0 Å². The Balaban J connectivity index is 3.21. The molecule has 0 fully saturated rings. The van der Waals surface area contributed by atoms with Crippen LogP contribution in [0.25, 0.3) is 0 Å². The largest absolute Gasteiger partial charge is 0.351 e. The van der Waals surface area contributed by atoms with Crippen LogP contribution in [0.2, 0.25) is 0 Å². The molecular formula is C16H23FN4O3S. The van der Waals surface area contributed by atoms with Gasteiger partial charge >= 0.3 is 10.2 Å². The minimum absolute atomic E-state index is 0.0341. The van der Waals surface area contributed by atoms with E-state index in [9.17, 15) is 17.6 Å². The number of nitrogens with zero attached hydrogens (tertiary/aromatic N) is 2. The predicted octanol–water partition coefficient (Wildman–Crippen LogP) is 1.43. The van der Waals surface area contributed by atoms with Gasteiger partial charge in [-0.1, -0.05) is 12.6 Å². The molecule has 0 heterocycles. The smallest absolute Gasteiger partial charge is 0.301 e. The quantitative estimate of drug-likeness (QED) is 0.562. The van der Waals surface area contributed by atoms with Gasteiger partial charge in [0.1, 0.15) is 5.82 Å². The van der Waals surface area contributed by atoms with Crippen LogP contribution in [-0.2, 0) is 15.0 Å². The number of likely N-dealkylation sites (N-methyl/N-ethyl adjacent to an activating group) is 1. The molecule has 9 heteroatoms. The average molecular weight is 370 g/mol. The van der Waals surface area contributed by atoms with Crippen molar-refractivity contribution in [3.63, 3.8) is 0 Å². The molecule has 1 aromatic carbocycles. The first kappa shape index (κ1) is 20.7. The molecule has 0 unspecified atom stereocenters. The van der Waals surface area contributed by atoms with Crippen molar-refractivity contribution in [2.45, 2.75) is 6.92 Å². The van der Waals surface area contributed by atoms with Gasteiger partial charge in [0.2, 0.25) is 5.91 Å². The Morgan fingerprint density at radius 2 is 1.84 bits per heavy atom. The maximum Gasteiger partial charge on any atom is 0.301 e. The van der Waals surface area contributed by atoms with Crippen molar-refractivity contribution in [1.82, 2.24) is 13.9 Å². The van der Waals surface area contributed by atoms with E-state index in [2.05, 4.69) is 16.6 Å². The standard InChI is InChI=1S/C16H23FN4O3S/c1-11-7-8-14(13(17)9-11)18-15(10-16(22)20(3)4)12(2)19-25(23,24)21(5)6/h7-10,18-19H,2H2,1,3-6H3/b15-10+. The minimum atomic E-state index is -3.82. The molecule has 138 valence electrons. The highest BCUT2D eigenvalue weighted by molar-refractivity contribution is 7.87. The van der Waals surface area contributed by atoms with Gasteiger partial charge in [-0.3, -0.25) is 9.52 Å². The number of hydrogen-bond donors (Lipinski definition) is 2. The Labute approximate surface area is 148 Å². The lowest BCUT2D eigenvalue weighted by atomic mass is 10.2. The molecule has 2 N–H and O–H groups in total. The van der Waals surface area contributed by atoms with Gasteiger partial charge in [-0.15, -0.1) is 0 Å². The molecule has 7 nitrogen and oxygen atoms in total. The van der Waals surface area contributed by atoms with Crippen LogP contribution in [0.1, 0.15) is 5.56 Å². The highest BCUT2D eigenvalue weighted by atomic mass is 32.2. The van der Waals surface area contributed by atoms with Gasteiger partial charge in [-0.2, -0.15) is 12.7 Å². The van der Waals surface area contributed by atoms with Gasteiger partial charge in [-0.05, 0) is 24.6 Å². The SMILES string of the molecule is C=C(NS(=O)(=O)N(C)C)/C(=C\C(=O)N(C)C)Nc1ccc(C)cc1F. The lowest BCUT2D eigenvalue weighted by molar-refractivity contribution is -0.123. The van der Waals surface area contributed by atoms with E-state index >= 15 is 0 Å². The molecule has 1 aromatic rings. The summed E-state index contributed by atoms with van der Waals surface area (Å²) in [7, 11) is 1.94. The van der Waals surface area contributed by atoms with Crippen LogP contribution in [0.15, 0.2) is 42.2 Å². The first-order chi connectivity index (χ1) is 11.4. The van der Waals surface area contributed by atoms with Crippen molar-refractivity contribution in [3.05, 3.63) is 53.6 Å². The van der Waals surface area contributed by atoms with Crippen LogP contribution in [0, 0.1) is 12.7 Å². The van der Waals surface area contributed by atoms with Crippen LogP contribution in [0.4, 0.5) is 10.1 Å². The zero-order valence-electron chi connectivity index (χ0n) is 14.9. The zero-order valence-corrected chi connectivity index (χ0v) is 15.7. The number of aryl methyl sites for hydroxylation is 1. The number of hydrogen-bond acceptors (Lipinski definition) is 4. The van der Waals surface area contributed by atoms with Crippen molar-refractivity contribution in [1.29, 1.82) is 0 Å². The van der Waals surface area contributed by atoms with E-state index in [1.165, 1.54) is 45.2 Å². The molecule has 25 heavy (non-hydrogen) atoms. The van der Waals surface area contributed by atoms with E-state index in [0.717, 1.165) is 15.9 Å². The highest BCUT2D eigenvalue weighted by Crippen LogP contribution is 2.19. The van der Waals surface area contributed by atoms with E-state index in [0.29, 0.717) is 0 Å². The third-order valence-electron chi connectivity index (χ3n) is 3.16. The third-order valence-corrected chi connectivity index (χ3v) is 4.63. The van der Waals surface area contributed by atoms with Gasteiger partial charge in [-0.25, -0.2) is 4.39 Å². The summed E-state index contributed by atoms with van der Waals surface area (Å²) in [5.74, 6) is -0.952. The van der Waals surface area contributed by atoms with Crippen molar-refractivity contribution < 1.29 is 17.6 Å². The first-order valence-electron chi connectivity index (χ1n) is 7.29. The Bertz CT molecular complexity index is 802. The van der Waals surface area contributed by atoms with E-state index in [4.69, 9.17) is 0 Å². The molecule has 0 aliphatic rings. The summed E-state index contributed by atoms with van der Waals surface area (Å²) >= 11 is 0. The molecule has 0 atom stereocenters. The maximum absolute atomic E-state index is 14.1. The predicted molar refractivity (Wildman–Crippen MR) is 96.4 cm³/mol. The molecule has 0 aliphatic heterocycles. The zero-order chi connectivity index (χ0) is 19.4. The average Bonchev–Trinajstić information content (AvgIpc) is 2.48. The molecule has 0 spiro atoms. The van der Waals surface area contributed by atoms with Crippen LogP contribution in [-0.4, -0.2) is 51.7 Å². The summed E-state index contributed by atoms with van der Waals surface area (Å²) in [5.41, 5.74) is 0.759. The molecular weight excluding hydrogens is 347 g/mol. The number of amides is 1. The van der Waals surface area contributed by atoms with E-state index in [-0.39, 0.29) is 17.1 Å². The highest BCUT2D eigenvalue weighted by Gasteiger charge is 2.18. The second-order valence-corrected chi connectivity index (χ2v) is 7.65. The van der Waals surface area contributed by atoms with Gasteiger partial charge in [0, 0.05) is 34.3 Å². The second kappa shape index (κ2) is 8.13. The summed E-state index contributed by atoms with van der Waals surface area (Å²) in [6, 6.07) is 4.50. The lowest BCUT2D eigenvalue weighted by Gasteiger charge is -2.19. The Morgan fingerprint density at radius 1 is 1.24 bits per heavy atom. The number of nitrogens with one attached hydrogen (secondary N) is 2. The number of halogens is 1. The molecule has 0 radical (unpaired) electrons. The summed E-state index contributed by atoms with van der Waals surface area (Å²) in [6.45, 7) is 5.38. The number of rotatable bonds is 7. The van der Waals surface area contributed by atoms with Crippen LogP contribution < -0.4 is 10.0 Å². The van der Waals surface area contributed by atoms with E-state index < -0.39 is 21.9 Å². The number of carbonyl (C=O) groups is 1.